The minimum atomic E-state index is -4.78. The summed E-state index contributed by atoms with van der Waals surface area (Å²) in [6.07, 6.45) is -3.53. The van der Waals surface area contributed by atoms with E-state index in [9.17, 15) is 21.6 Å². The summed E-state index contributed by atoms with van der Waals surface area (Å²) >= 11 is 0. The molecule has 18 heavy (non-hydrogen) atoms. The molecule has 0 aliphatic rings. The molecule has 0 N–H and O–H groups in total. The van der Waals surface area contributed by atoms with E-state index in [0.717, 1.165) is 30.7 Å². The summed E-state index contributed by atoms with van der Waals surface area (Å²) < 4.78 is 62.8. The Kier molecular flexibility index (Phi) is 4.61. The van der Waals surface area contributed by atoms with E-state index in [2.05, 4.69) is 4.74 Å². The Balaban J connectivity index is 2.83. The summed E-state index contributed by atoms with van der Waals surface area (Å²) in [5.41, 5.74) is 0. The standard InChI is InChI=1S/C11H13F3O3S/c1-2-3-8-18(15,16)10-6-4-9(5-7-10)17-11(12,13)14/h4-7H,2-3,8H2,1H3. The van der Waals surface area contributed by atoms with Crippen LogP contribution >= 0.6 is 0 Å². The molecular weight excluding hydrogens is 269 g/mol. The number of alkyl halides is 3. The van der Waals surface area contributed by atoms with Crippen LogP contribution in [0.25, 0.3) is 0 Å². The van der Waals surface area contributed by atoms with E-state index in [1.807, 2.05) is 6.92 Å². The molecule has 0 radical (unpaired) electrons. The predicted molar refractivity (Wildman–Crippen MR) is 60.1 cm³/mol. The summed E-state index contributed by atoms with van der Waals surface area (Å²) in [5.74, 6) is -0.444. The fourth-order valence-electron chi connectivity index (χ4n) is 1.30. The number of halogens is 3. The van der Waals surface area contributed by atoms with Crippen LogP contribution in [0.5, 0.6) is 5.75 Å². The minimum Gasteiger partial charge on any atom is -0.406 e. The molecule has 1 rings (SSSR count). The van der Waals surface area contributed by atoms with Crippen LogP contribution in [0.4, 0.5) is 13.2 Å². The van der Waals surface area contributed by atoms with Gasteiger partial charge < -0.3 is 4.74 Å². The van der Waals surface area contributed by atoms with E-state index < -0.39 is 21.9 Å². The van der Waals surface area contributed by atoms with Gasteiger partial charge in [0.05, 0.1) is 10.6 Å². The second-order valence-electron chi connectivity index (χ2n) is 3.69. The average molecular weight is 282 g/mol. The smallest absolute Gasteiger partial charge is 0.406 e. The highest BCUT2D eigenvalue weighted by atomic mass is 32.2. The number of benzene rings is 1. The lowest BCUT2D eigenvalue weighted by Crippen LogP contribution is -2.17. The molecule has 0 aliphatic heterocycles. The maximum atomic E-state index is 11.9. The molecule has 0 aromatic heterocycles. The molecule has 0 bridgehead atoms. The van der Waals surface area contributed by atoms with Crippen LogP contribution in [-0.2, 0) is 9.84 Å². The second kappa shape index (κ2) is 5.60. The Morgan fingerprint density at radius 1 is 1.17 bits per heavy atom. The van der Waals surface area contributed by atoms with Crippen LogP contribution in [-0.4, -0.2) is 20.5 Å². The van der Waals surface area contributed by atoms with E-state index in [0.29, 0.717) is 6.42 Å². The first kappa shape index (κ1) is 14.8. The van der Waals surface area contributed by atoms with Crippen molar-refractivity contribution in [2.75, 3.05) is 5.75 Å². The van der Waals surface area contributed by atoms with Crippen molar-refractivity contribution in [3.8, 4) is 5.75 Å². The fraction of sp³-hybridized carbons (Fsp3) is 0.455. The Morgan fingerprint density at radius 3 is 2.17 bits per heavy atom. The normalized spacial score (nSPS) is 12.4. The number of hydrogen-bond donors (Lipinski definition) is 0. The number of hydrogen-bond acceptors (Lipinski definition) is 3. The Labute approximate surface area is 103 Å². The molecule has 0 fully saturated rings. The highest BCUT2D eigenvalue weighted by molar-refractivity contribution is 7.91. The molecule has 0 spiro atoms. The van der Waals surface area contributed by atoms with Crippen molar-refractivity contribution < 1.29 is 26.3 Å². The molecule has 0 saturated heterocycles. The third kappa shape index (κ3) is 4.56. The molecule has 0 amide bonds. The number of sulfone groups is 1. The van der Waals surface area contributed by atoms with Crippen LogP contribution in [0.3, 0.4) is 0 Å². The van der Waals surface area contributed by atoms with Crippen molar-refractivity contribution in [3.05, 3.63) is 24.3 Å². The molecular formula is C11H13F3O3S. The maximum absolute atomic E-state index is 11.9. The van der Waals surface area contributed by atoms with Crippen molar-refractivity contribution in [3.63, 3.8) is 0 Å². The van der Waals surface area contributed by atoms with Crippen LogP contribution in [0.1, 0.15) is 19.8 Å². The molecule has 0 aliphatic carbocycles. The molecule has 102 valence electrons. The molecule has 0 atom stereocenters. The van der Waals surface area contributed by atoms with Crippen LogP contribution < -0.4 is 4.74 Å². The van der Waals surface area contributed by atoms with E-state index in [4.69, 9.17) is 0 Å². The second-order valence-corrected chi connectivity index (χ2v) is 5.80. The van der Waals surface area contributed by atoms with Crippen LogP contribution in [0, 0.1) is 0 Å². The topological polar surface area (TPSA) is 43.4 Å². The Bertz CT molecular complexity index is 477. The Hall–Kier alpha value is -1.24. The zero-order valence-electron chi connectivity index (χ0n) is 9.70. The third-order valence-corrected chi connectivity index (χ3v) is 4.00. The van der Waals surface area contributed by atoms with Gasteiger partial charge in [-0.15, -0.1) is 13.2 Å². The highest BCUT2D eigenvalue weighted by Gasteiger charge is 2.31. The van der Waals surface area contributed by atoms with Gasteiger partial charge >= 0.3 is 6.36 Å². The third-order valence-electron chi connectivity index (χ3n) is 2.18. The molecule has 3 nitrogen and oxygen atoms in total. The van der Waals surface area contributed by atoms with Gasteiger partial charge in [-0.1, -0.05) is 13.3 Å². The van der Waals surface area contributed by atoms with Gasteiger partial charge in [0.2, 0.25) is 0 Å². The highest BCUT2D eigenvalue weighted by Crippen LogP contribution is 2.24. The summed E-state index contributed by atoms with van der Waals surface area (Å²) in [6, 6.07) is 4.22. The zero-order chi connectivity index (χ0) is 13.8. The molecule has 1 aromatic rings. The SMILES string of the molecule is CCCCS(=O)(=O)c1ccc(OC(F)(F)F)cc1. The van der Waals surface area contributed by atoms with E-state index >= 15 is 0 Å². The van der Waals surface area contributed by atoms with Gasteiger partial charge in [0.25, 0.3) is 0 Å². The summed E-state index contributed by atoms with van der Waals surface area (Å²) in [6.45, 7) is 1.86. The van der Waals surface area contributed by atoms with E-state index in [1.54, 1.807) is 0 Å². The van der Waals surface area contributed by atoms with Crippen molar-refractivity contribution >= 4 is 9.84 Å². The molecule has 0 heterocycles. The van der Waals surface area contributed by atoms with E-state index in [1.165, 1.54) is 0 Å². The van der Waals surface area contributed by atoms with Gasteiger partial charge in [-0.3, -0.25) is 0 Å². The molecule has 7 heteroatoms. The van der Waals surface area contributed by atoms with Gasteiger partial charge in [0, 0.05) is 0 Å². The van der Waals surface area contributed by atoms with Crippen LogP contribution in [0.2, 0.25) is 0 Å². The summed E-state index contributed by atoms with van der Waals surface area (Å²) in [5, 5.41) is 0. The molecule has 0 saturated carbocycles. The number of ether oxygens (including phenoxy) is 1. The minimum absolute atomic E-state index is 0.00507. The van der Waals surface area contributed by atoms with Gasteiger partial charge in [-0.05, 0) is 30.7 Å². The Morgan fingerprint density at radius 2 is 1.72 bits per heavy atom. The maximum Gasteiger partial charge on any atom is 0.573 e. The summed E-state index contributed by atoms with van der Waals surface area (Å²) in [7, 11) is -3.42. The largest absolute Gasteiger partial charge is 0.573 e. The molecule has 0 unspecified atom stereocenters. The lowest BCUT2D eigenvalue weighted by atomic mass is 10.3. The zero-order valence-corrected chi connectivity index (χ0v) is 10.5. The van der Waals surface area contributed by atoms with Crippen molar-refractivity contribution in [1.29, 1.82) is 0 Å². The lowest BCUT2D eigenvalue weighted by molar-refractivity contribution is -0.274. The van der Waals surface area contributed by atoms with Gasteiger partial charge in [0.15, 0.2) is 9.84 Å². The first-order valence-electron chi connectivity index (χ1n) is 5.33. The average Bonchev–Trinajstić information content (AvgIpc) is 2.25. The van der Waals surface area contributed by atoms with Crippen molar-refractivity contribution in [2.45, 2.75) is 31.0 Å². The predicted octanol–water partition coefficient (Wildman–Crippen LogP) is 3.16. The number of unbranched alkanes of at least 4 members (excludes halogenated alkanes) is 1. The van der Waals surface area contributed by atoms with Gasteiger partial charge in [-0.2, -0.15) is 0 Å². The fourth-order valence-corrected chi connectivity index (χ4v) is 2.76. The van der Waals surface area contributed by atoms with Gasteiger partial charge in [0.1, 0.15) is 5.75 Å². The van der Waals surface area contributed by atoms with E-state index in [-0.39, 0.29) is 10.6 Å². The van der Waals surface area contributed by atoms with Crippen molar-refractivity contribution in [1.82, 2.24) is 0 Å². The summed E-state index contributed by atoms with van der Waals surface area (Å²) in [4.78, 5) is 0.00507. The van der Waals surface area contributed by atoms with Crippen molar-refractivity contribution in [2.24, 2.45) is 0 Å². The van der Waals surface area contributed by atoms with Gasteiger partial charge in [-0.25, -0.2) is 8.42 Å². The quantitative estimate of drug-likeness (QED) is 0.833. The number of rotatable bonds is 5. The van der Waals surface area contributed by atoms with Crippen LogP contribution in [0.15, 0.2) is 29.2 Å². The first-order chi connectivity index (χ1) is 8.24. The molecule has 1 aromatic carbocycles. The monoisotopic (exact) mass is 282 g/mol. The lowest BCUT2D eigenvalue weighted by Gasteiger charge is -2.09. The first-order valence-corrected chi connectivity index (χ1v) is 6.98.